The van der Waals surface area contributed by atoms with E-state index in [1.54, 1.807) is 6.92 Å². The van der Waals surface area contributed by atoms with Gasteiger partial charge in [0.25, 0.3) is 0 Å². The SMILES string of the molecule is C=C(C)C1C2OC(=O)C1[C@]1(O)C[C@H]3O[C@]34C(=O)O[C@H]2[C@]14C. The molecule has 0 radical (unpaired) electrons. The average Bonchev–Trinajstić information content (AvgIpc) is 2.86. The number of epoxide rings is 1. The van der Waals surface area contributed by atoms with Gasteiger partial charge in [-0.05, 0) is 13.8 Å². The van der Waals surface area contributed by atoms with Crippen molar-refractivity contribution in [2.75, 3.05) is 0 Å². The summed E-state index contributed by atoms with van der Waals surface area (Å²) in [4.78, 5) is 24.7. The Kier molecular flexibility index (Phi) is 1.68. The van der Waals surface area contributed by atoms with Gasteiger partial charge in [-0.3, -0.25) is 4.79 Å². The van der Waals surface area contributed by atoms with Gasteiger partial charge in [0.2, 0.25) is 5.60 Å². The van der Waals surface area contributed by atoms with Crippen LogP contribution in [0.3, 0.4) is 0 Å². The molecule has 3 unspecified atom stereocenters. The highest BCUT2D eigenvalue weighted by Crippen LogP contribution is 2.76. The van der Waals surface area contributed by atoms with Gasteiger partial charge in [0, 0.05) is 12.3 Å². The number of hydrogen-bond acceptors (Lipinski definition) is 6. The van der Waals surface area contributed by atoms with Crippen molar-refractivity contribution in [2.45, 2.75) is 49.8 Å². The first kappa shape index (κ1) is 12.2. The molecule has 2 aliphatic carbocycles. The first-order valence-electron chi connectivity index (χ1n) is 7.26. The van der Waals surface area contributed by atoms with Gasteiger partial charge in [0.1, 0.15) is 12.2 Å². The number of fused-ring (bicyclic) bond motifs is 4. The third-order valence-electron chi connectivity index (χ3n) is 6.60. The van der Waals surface area contributed by atoms with Crippen molar-refractivity contribution >= 4 is 11.9 Å². The number of carbonyl (C=O) groups is 2. The molecule has 2 saturated carbocycles. The van der Waals surface area contributed by atoms with Crippen LogP contribution in [0.1, 0.15) is 20.3 Å². The fourth-order valence-corrected chi connectivity index (χ4v) is 5.59. The van der Waals surface area contributed by atoms with Crippen LogP contribution in [0, 0.1) is 17.3 Å². The van der Waals surface area contributed by atoms with Crippen molar-refractivity contribution in [3.05, 3.63) is 12.2 Å². The molecule has 1 N–H and O–H groups in total. The molecule has 5 aliphatic rings. The maximum Gasteiger partial charge on any atom is 0.342 e. The fourth-order valence-electron chi connectivity index (χ4n) is 5.59. The highest BCUT2D eigenvalue weighted by Gasteiger charge is 2.95. The number of rotatable bonds is 1. The Morgan fingerprint density at radius 3 is 2.76 bits per heavy atom. The summed E-state index contributed by atoms with van der Waals surface area (Å²) in [6.45, 7) is 7.55. The van der Waals surface area contributed by atoms with E-state index in [1.807, 2.05) is 6.92 Å². The van der Waals surface area contributed by atoms with Gasteiger partial charge in [-0.2, -0.15) is 0 Å². The molecule has 21 heavy (non-hydrogen) atoms. The van der Waals surface area contributed by atoms with Crippen LogP contribution in [0.25, 0.3) is 0 Å². The lowest BCUT2D eigenvalue weighted by atomic mass is 9.53. The molecule has 6 heteroatoms. The molecule has 0 aromatic carbocycles. The van der Waals surface area contributed by atoms with Crippen molar-refractivity contribution in [1.29, 1.82) is 0 Å². The van der Waals surface area contributed by atoms with Crippen LogP contribution in [0.2, 0.25) is 0 Å². The molecule has 0 aromatic rings. The van der Waals surface area contributed by atoms with Crippen LogP contribution in [-0.2, 0) is 23.8 Å². The molecule has 6 nitrogen and oxygen atoms in total. The van der Waals surface area contributed by atoms with E-state index in [9.17, 15) is 14.7 Å². The lowest BCUT2D eigenvalue weighted by molar-refractivity contribution is -0.195. The minimum atomic E-state index is -1.35. The standard InChI is InChI=1S/C15H16O6/c1-5(2)7-8-11(16)19-9(7)10-13(3)14(8,18)4-6-15(13,21-6)12(17)20-10/h6-10,18H,1,4H2,2-3H3/t6-,7?,8?,9?,10-,13-,14-,15+/m1/s1. The van der Waals surface area contributed by atoms with E-state index < -0.39 is 46.7 Å². The molecule has 5 fully saturated rings. The molecule has 112 valence electrons. The van der Waals surface area contributed by atoms with E-state index in [-0.39, 0.29) is 18.4 Å². The summed E-state index contributed by atoms with van der Waals surface area (Å²) in [6, 6.07) is 0. The number of esters is 2. The second-order valence-electron chi connectivity index (χ2n) is 7.25. The molecular weight excluding hydrogens is 276 g/mol. The molecule has 8 atom stereocenters. The van der Waals surface area contributed by atoms with Crippen LogP contribution in [0.4, 0.5) is 0 Å². The topological polar surface area (TPSA) is 85.4 Å². The molecule has 3 saturated heterocycles. The van der Waals surface area contributed by atoms with E-state index in [2.05, 4.69) is 6.58 Å². The molecule has 2 bridgehead atoms. The normalized spacial score (nSPS) is 62.0. The van der Waals surface area contributed by atoms with Crippen LogP contribution < -0.4 is 0 Å². The highest BCUT2D eigenvalue weighted by molar-refractivity contribution is 5.91. The Bertz CT molecular complexity index is 642. The average molecular weight is 292 g/mol. The first-order valence-corrected chi connectivity index (χ1v) is 7.26. The molecule has 5 rings (SSSR count). The summed E-state index contributed by atoms with van der Waals surface area (Å²) in [7, 11) is 0. The number of carbonyl (C=O) groups excluding carboxylic acids is 2. The highest BCUT2D eigenvalue weighted by atomic mass is 16.7. The predicted octanol–water partition coefficient (Wildman–Crippen LogP) is -0.0620. The van der Waals surface area contributed by atoms with Gasteiger partial charge in [-0.25, -0.2) is 4.79 Å². The molecule has 3 aliphatic heterocycles. The van der Waals surface area contributed by atoms with Crippen molar-refractivity contribution in [3.8, 4) is 0 Å². The molecule has 0 amide bonds. The lowest BCUT2D eigenvalue weighted by Gasteiger charge is -2.51. The van der Waals surface area contributed by atoms with E-state index >= 15 is 0 Å². The van der Waals surface area contributed by atoms with E-state index in [0.29, 0.717) is 0 Å². The summed E-state index contributed by atoms with van der Waals surface area (Å²) in [5, 5.41) is 11.4. The Morgan fingerprint density at radius 1 is 1.38 bits per heavy atom. The van der Waals surface area contributed by atoms with E-state index in [4.69, 9.17) is 14.2 Å². The van der Waals surface area contributed by atoms with Gasteiger partial charge < -0.3 is 19.3 Å². The number of aliphatic hydroxyl groups is 1. The van der Waals surface area contributed by atoms with E-state index in [1.165, 1.54) is 0 Å². The third-order valence-corrected chi connectivity index (χ3v) is 6.60. The summed E-state index contributed by atoms with van der Waals surface area (Å²) in [5.41, 5.74) is -2.60. The minimum absolute atomic E-state index is 0.269. The van der Waals surface area contributed by atoms with Gasteiger partial charge in [0.15, 0.2) is 6.10 Å². The fraction of sp³-hybridized carbons (Fsp3) is 0.733. The molecular formula is C15H16O6. The number of ether oxygens (including phenoxy) is 3. The smallest absolute Gasteiger partial charge is 0.342 e. The van der Waals surface area contributed by atoms with E-state index in [0.717, 1.165) is 5.57 Å². The summed E-state index contributed by atoms with van der Waals surface area (Å²) in [6.07, 6.45) is -1.34. The van der Waals surface area contributed by atoms with Crippen molar-refractivity contribution < 1.29 is 28.9 Å². The monoisotopic (exact) mass is 292 g/mol. The zero-order valence-corrected chi connectivity index (χ0v) is 11.8. The second kappa shape index (κ2) is 2.90. The Labute approximate surface area is 121 Å². The Balaban J connectivity index is 1.78. The van der Waals surface area contributed by atoms with Crippen molar-refractivity contribution in [2.24, 2.45) is 17.3 Å². The van der Waals surface area contributed by atoms with Crippen molar-refractivity contribution in [1.82, 2.24) is 0 Å². The van der Waals surface area contributed by atoms with Gasteiger partial charge in [-0.15, -0.1) is 0 Å². The Morgan fingerprint density at radius 2 is 2.10 bits per heavy atom. The zero-order valence-electron chi connectivity index (χ0n) is 11.8. The first-order chi connectivity index (χ1) is 9.79. The Hall–Kier alpha value is -1.40. The second-order valence-corrected chi connectivity index (χ2v) is 7.25. The zero-order chi connectivity index (χ0) is 14.9. The van der Waals surface area contributed by atoms with Crippen molar-refractivity contribution in [3.63, 3.8) is 0 Å². The summed E-state index contributed by atoms with van der Waals surface area (Å²) >= 11 is 0. The molecule has 3 heterocycles. The molecule has 0 aromatic heterocycles. The van der Waals surface area contributed by atoms with Crippen LogP contribution >= 0.6 is 0 Å². The lowest BCUT2D eigenvalue weighted by Crippen LogP contribution is -2.66. The minimum Gasteiger partial charge on any atom is -0.457 e. The predicted molar refractivity (Wildman–Crippen MR) is 66.8 cm³/mol. The van der Waals surface area contributed by atoms with Gasteiger partial charge in [-0.1, -0.05) is 12.2 Å². The largest absolute Gasteiger partial charge is 0.457 e. The number of hydrogen-bond donors (Lipinski definition) is 1. The molecule has 1 spiro atoms. The third kappa shape index (κ3) is 0.874. The van der Waals surface area contributed by atoms with Gasteiger partial charge in [0.05, 0.1) is 16.9 Å². The maximum atomic E-state index is 12.3. The maximum absolute atomic E-state index is 12.3. The van der Waals surface area contributed by atoms with Crippen LogP contribution in [-0.4, -0.2) is 46.6 Å². The van der Waals surface area contributed by atoms with Gasteiger partial charge >= 0.3 is 11.9 Å². The summed E-state index contributed by atoms with van der Waals surface area (Å²) in [5.74, 6) is -1.86. The quantitative estimate of drug-likeness (QED) is 0.414. The summed E-state index contributed by atoms with van der Waals surface area (Å²) < 4.78 is 16.6. The van der Waals surface area contributed by atoms with Crippen LogP contribution in [0.15, 0.2) is 12.2 Å². The van der Waals surface area contributed by atoms with Crippen LogP contribution in [0.5, 0.6) is 0 Å².